The SMILES string of the molecule is CC(OC(=O)C1CCN(C(=O)Nc2ccccc2)CC1)C(=O)NC1CCCC1. The van der Waals surface area contributed by atoms with Gasteiger partial charge in [0.2, 0.25) is 0 Å². The van der Waals surface area contributed by atoms with Crippen LogP contribution in [0.15, 0.2) is 30.3 Å². The van der Waals surface area contributed by atoms with Crippen molar-refractivity contribution in [3.63, 3.8) is 0 Å². The number of nitrogens with zero attached hydrogens (tertiary/aromatic N) is 1. The molecule has 1 atom stereocenters. The second kappa shape index (κ2) is 9.57. The van der Waals surface area contributed by atoms with Crippen molar-refractivity contribution in [1.82, 2.24) is 10.2 Å². The molecule has 1 aliphatic carbocycles. The van der Waals surface area contributed by atoms with Crippen LogP contribution in [0.5, 0.6) is 0 Å². The van der Waals surface area contributed by atoms with Crippen molar-refractivity contribution in [2.45, 2.75) is 57.6 Å². The van der Waals surface area contributed by atoms with Crippen LogP contribution in [0.25, 0.3) is 0 Å². The summed E-state index contributed by atoms with van der Waals surface area (Å²) >= 11 is 0. The Morgan fingerprint density at radius 3 is 2.32 bits per heavy atom. The third-order valence-corrected chi connectivity index (χ3v) is 5.50. The number of carbonyl (C=O) groups is 3. The summed E-state index contributed by atoms with van der Waals surface area (Å²) in [6, 6.07) is 9.33. The lowest BCUT2D eigenvalue weighted by atomic mass is 9.97. The predicted octanol–water partition coefficient (Wildman–Crippen LogP) is 2.92. The first-order valence-electron chi connectivity index (χ1n) is 10.1. The smallest absolute Gasteiger partial charge is 0.321 e. The van der Waals surface area contributed by atoms with Crippen molar-refractivity contribution in [2.75, 3.05) is 18.4 Å². The summed E-state index contributed by atoms with van der Waals surface area (Å²) in [5.74, 6) is -0.848. The van der Waals surface area contributed by atoms with Gasteiger partial charge in [-0.15, -0.1) is 0 Å². The van der Waals surface area contributed by atoms with Crippen molar-refractivity contribution in [2.24, 2.45) is 5.92 Å². The van der Waals surface area contributed by atoms with Crippen LogP contribution < -0.4 is 10.6 Å². The standard InChI is InChI=1S/C21H29N3O4/c1-15(19(25)22-17-9-5-6-10-17)28-20(26)16-11-13-24(14-12-16)21(27)23-18-7-3-2-4-8-18/h2-4,7-8,15-17H,5-6,9-14H2,1H3,(H,22,25)(H,23,27). The number of anilines is 1. The summed E-state index contributed by atoms with van der Waals surface area (Å²) in [6.45, 7) is 2.59. The molecule has 3 rings (SSSR count). The number of ether oxygens (including phenoxy) is 1. The largest absolute Gasteiger partial charge is 0.452 e. The molecule has 1 aromatic carbocycles. The molecule has 1 saturated heterocycles. The zero-order valence-electron chi connectivity index (χ0n) is 16.4. The molecule has 1 unspecified atom stereocenters. The van der Waals surface area contributed by atoms with Gasteiger partial charge in [-0.3, -0.25) is 9.59 Å². The molecule has 2 N–H and O–H groups in total. The summed E-state index contributed by atoms with van der Waals surface area (Å²) in [5, 5.41) is 5.81. The molecule has 1 saturated carbocycles. The van der Waals surface area contributed by atoms with E-state index in [1.54, 1.807) is 11.8 Å². The van der Waals surface area contributed by atoms with E-state index in [1.165, 1.54) is 0 Å². The number of benzene rings is 1. The molecule has 7 nitrogen and oxygen atoms in total. The zero-order valence-corrected chi connectivity index (χ0v) is 16.4. The third-order valence-electron chi connectivity index (χ3n) is 5.50. The number of hydrogen-bond acceptors (Lipinski definition) is 4. The van der Waals surface area contributed by atoms with E-state index in [4.69, 9.17) is 4.74 Å². The fourth-order valence-corrected chi connectivity index (χ4v) is 3.75. The topological polar surface area (TPSA) is 87.7 Å². The molecule has 3 amide bonds. The van der Waals surface area contributed by atoms with Gasteiger partial charge in [-0.1, -0.05) is 31.0 Å². The summed E-state index contributed by atoms with van der Waals surface area (Å²) < 4.78 is 5.38. The maximum Gasteiger partial charge on any atom is 0.321 e. The molecule has 0 spiro atoms. The minimum Gasteiger partial charge on any atom is -0.452 e. The maximum atomic E-state index is 12.4. The fraction of sp³-hybridized carbons (Fsp3) is 0.571. The first-order chi connectivity index (χ1) is 13.5. The van der Waals surface area contributed by atoms with Crippen LogP contribution in [0.3, 0.4) is 0 Å². The Bertz CT molecular complexity index is 680. The van der Waals surface area contributed by atoms with Crippen LogP contribution in [0.4, 0.5) is 10.5 Å². The van der Waals surface area contributed by atoms with Gasteiger partial charge in [0.15, 0.2) is 6.10 Å². The second-order valence-electron chi connectivity index (χ2n) is 7.63. The average Bonchev–Trinajstić information content (AvgIpc) is 3.21. The lowest BCUT2D eigenvalue weighted by molar-refractivity contribution is -0.160. The Balaban J connectivity index is 1.40. The monoisotopic (exact) mass is 387 g/mol. The molecule has 0 bridgehead atoms. The lowest BCUT2D eigenvalue weighted by Gasteiger charge is -2.31. The molecule has 152 valence electrons. The Kier molecular flexibility index (Phi) is 6.90. The molecule has 1 aromatic rings. The summed E-state index contributed by atoms with van der Waals surface area (Å²) in [7, 11) is 0. The van der Waals surface area contributed by atoms with Gasteiger partial charge in [0.05, 0.1) is 5.92 Å². The zero-order chi connectivity index (χ0) is 19.9. The molecule has 2 fully saturated rings. The third kappa shape index (κ3) is 5.47. The van der Waals surface area contributed by atoms with Crippen LogP contribution in [-0.2, 0) is 14.3 Å². The number of carbonyl (C=O) groups excluding carboxylic acids is 3. The highest BCUT2D eigenvalue weighted by Gasteiger charge is 2.31. The molecule has 0 aromatic heterocycles. The molecular formula is C21H29N3O4. The first-order valence-corrected chi connectivity index (χ1v) is 10.1. The van der Waals surface area contributed by atoms with Crippen molar-refractivity contribution in [1.29, 1.82) is 0 Å². The van der Waals surface area contributed by atoms with Gasteiger partial charge in [0, 0.05) is 24.8 Å². The lowest BCUT2D eigenvalue weighted by Crippen LogP contribution is -2.44. The van der Waals surface area contributed by atoms with Crippen LogP contribution in [0.2, 0.25) is 0 Å². The van der Waals surface area contributed by atoms with Crippen LogP contribution >= 0.6 is 0 Å². The van der Waals surface area contributed by atoms with Gasteiger partial charge in [0.25, 0.3) is 5.91 Å². The van der Waals surface area contributed by atoms with Crippen LogP contribution in [-0.4, -0.2) is 48.0 Å². The van der Waals surface area contributed by atoms with Gasteiger partial charge in [-0.05, 0) is 44.7 Å². The van der Waals surface area contributed by atoms with E-state index in [1.807, 2.05) is 30.3 Å². The van der Waals surface area contributed by atoms with Gasteiger partial charge in [-0.2, -0.15) is 0 Å². The number of piperidine rings is 1. The summed E-state index contributed by atoms with van der Waals surface area (Å²) in [6.07, 6.45) is 4.56. The van der Waals surface area contributed by atoms with E-state index in [9.17, 15) is 14.4 Å². The Labute approximate surface area is 165 Å². The molecule has 0 radical (unpaired) electrons. The van der Waals surface area contributed by atoms with Crippen molar-refractivity contribution in [3.8, 4) is 0 Å². The van der Waals surface area contributed by atoms with Gasteiger partial charge < -0.3 is 20.3 Å². The quantitative estimate of drug-likeness (QED) is 0.761. The van der Waals surface area contributed by atoms with E-state index in [0.717, 1.165) is 31.4 Å². The molecule has 1 heterocycles. The summed E-state index contributed by atoms with van der Waals surface area (Å²) in [4.78, 5) is 38.6. The number of urea groups is 1. The van der Waals surface area contributed by atoms with Gasteiger partial charge in [0.1, 0.15) is 0 Å². The van der Waals surface area contributed by atoms with E-state index >= 15 is 0 Å². The minimum atomic E-state index is -0.785. The van der Waals surface area contributed by atoms with Crippen molar-refractivity contribution < 1.29 is 19.1 Å². The van der Waals surface area contributed by atoms with Gasteiger partial charge >= 0.3 is 12.0 Å². The van der Waals surface area contributed by atoms with Crippen LogP contribution in [0, 0.1) is 5.92 Å². The minimum absolute atomic E-state index is 0.165. The second-order valence-corrected chi connectivity index (χ2v) is 7.63. The number of amides is 3. The highest BCUT2D eigenvalue weighted by atomic mass is 16.5. The Hall–Kier alpha value is -2.57. The van der Waals surface area contributed by atoms with E-state index in [0.29, 0.717) is 25.9 Å². The number of para-hydroxylation sites is 1. The maximum absolute atomic E-state index is 12.4. The molecule has 28 heavy (non-hydrogen) atoms. The van der Waals surface area contributed by atoms with Gasteiger partial charge in [-0.25, -0.2) is 4.79 Å². The number of rotatable bonds is 5. The van der Waals surface area contributed by atoms with Crippen molar-refractivity contribution in [3.05, 3.63) is 30.3 Å². The number of nitrogens with one attached hydrogen (secondary N) is 2. The number of hydrogen-bond donors (Lipinski definition) is 2. The van der Waals surface area contributed by atoms with E-state index in [-0.39, 0.29) is 29.9 Å². The summed E-state index contributed by atoms with van der Waals surface area (Å²) in [5.41, 5.74) is 0.746. The van der Waals surface area contributed by atoms with E-state index in [2.05, 4.69) is 10.6 Å². The van der Waals surface area contributed by atoms with E-state index < -0.39 is 6.10 Å². The number of likely N-dealkylation sites (tertiary alicyclic amines) is 1. The molecule has 1 aliphatic heterocycles. The highest BCUT2D eigenvalue weighted by Crippen LogP contribution is 2.21. The average molecular weight is 387 g/mol. The number of esters is 1. The van der Waals surface area contributed by atoms with Crippen molar-refractivity contribution >= 4 is 23.6 Å². The Morgan fingerprint density at radius 2 is 1.68 bits per heavy atom. The molecule has 7 heteroatoms. The predicted molar refractivity (Wildman–Crippen MR) is 106 cm³/mol. The van der Waals surface area contributed by atoms with Crippen LogP contribution in [0.1, 0.15) is 45.4 Å². The molecular weight excluding hydrogens is 358 g/mol. The fourth-order valence-electron chi connectivity index (χ4n) is 3.75. The Morgan fingerprint density at radius 1 is 1.04 bits per heavy atom. The highest BCUT2D eigenvalue weighted by molar-refractivity contribution is 5.89. The normalized spacial score (nSPS) is 19.1. The first kappa shape index (κ1) is 20.2. The molecule has 2 aliphatic rings.